The highest BCUT2D eigenvalue weighted by Gasteiger charge is 2.70. The lowest BCUT2D eigenvalue weighted by Gasteiger charge is -2.72. The molecule has 0 aromatic heterocycles. The fraction of sp³-hybridized carbons (Fsp3) is 0.857. The van der Waals surface area contributed by atoms with Crippen molar-refractivity contribution in [3.63, 3.8) is 0 Å². The summed E-state index contributed by atoms with van der Waals surface area (Å²) in [4.78, 5) is 52.4. The van der Waals surface area contributed by atoms with Crippen LogP contribution in [0.15, 0.2) is 11.1 Å². The van der Waals surface area contributed by atoms with E-state index in [0.29, 0.717) is 18.3 Å². The molecule has 0 saturated heterocycles. The van der Waals surface area contributed by atoms with Crippen LogP contribution in [0, 0.1) is 50.7 Å². The molecule has 0 aliphatic heterocycles. The molecule has 0 aromatic carbocycles. The van der Waals surface area contributed by atoms with Crippen molar-refractivity contribution in [2.45, 2.75) is 176 Å². The number of carbonyl (C=O) groups is 4. The average Bonchev–Trinajstić information content (AvgIpc) is 3.30. The fourth-order valence-corrected chi connectivity index (χ4v) is 13.3. The van der Waals surface area contributed by atoms with Crippen molar-refractivity contribution in [2.75, 3.05) is 0 Å². The average molecular weight is 695 g/mol. The highest BCUT2D eigenvalue weighted by atomic mass is 16.5. The van der Waals surface area contributed by atoms with Gasteiger partial charge in [0.2, 0.25) is 0 Å². The topological polar surface area (TPSA) is 122 Å². The Kier molecular flexibility index (Phi) is 9.45. The minimum absolute atomic E-state index is 0.00904. The molecule has 2 amide bonds. The Bertz CT molecular complexity index is 1440. The Morgan fingerprint density at radius 1 is 0.860 bits per heavy atom. The summed E-state index contributed by atoms with van der Waals surface area (Å²) < 4.78 is 6.16. The molecule has 0 bridgehead atoms. The number of carboxylic acid groups (broad SMARTS) is 1. The zero-order valence-electron chi connectivity index (χ0n) is 32.6. The predicted octanol–water partition coefficient (Wildman–Crippen LogP) is 8.76. The van der Waals surface area contributed by atoms with Crippen LogP contribution in [-0.2, 0) is 19.1 Å². The van der Waals surface area contributed by atoms with Crippen LogP contribution in [0.1, 0.15) is 159 Å². The van der Waals surface area contributed by atoms with E-state index < -0.39 is 22.9 Å². The molecule has 6 rings (SSSR count). The molecule has 0 heterocycles. The van der Waals surface area contributed by atoms with Crippen LogP contribution in [0.2, 0.25) is 0 Å². The summed E-state index contributed by atoms with van der Waals surface area (Å²) in [5.74, 6) is 0.0484. The second-order valence-electron chi connectivity index (χ2n) is 19.9. The van der Waals surface area contributed by atoms with E-state index in [1.54, 1.807) is 13.8 Å². The van der Waals surface area contributed by atoms with Gasteiger partial charge in [0.05, 0.1) is 17.4 Å². The number of carbonyl (C=O) groups excluding carboxylic acids is 3. The molecule has 0 spiro atoms. The Balaban J connectivity index is 1.27. The van der Waals surface area contributed by atoms with Gasteiger partial charge in [-0.2, -0.15) is 0 Å². The number of hydrogen-bond donors (Lipinski definition) is 3. The van der Waals surface area contributed by atoms with E-state index in [4.69, 9.17) is 4.74 Å². The second kappa shape index (κ2) is 12.6. The maximum absolute atomic E-state index is 13.9. The molecule has 8 nitrogen and oxygen atoms in total. The molecule has 5 fully saturated rings. The summed E-state index contributed by atoms with van der Waals surface area (Å²) in [5.41, 5.74) is 0.371. The van der Waals surface area contributed by atoms with Crippen molar-refractivity contribution < 1.29 is 29.0 Å². The van der Waals surface area contributed by atoms with Crippen LogP contribution < -0.4 is 10.6 Å². The number of Topliss-reactive ketones (excluding diaryl/α,β-unsaturated/α-hetero) is 1. The molecule has 50 heavy (non-hydrogen) atoms. The summed E-state index contributed by atoms with van der Waals surface area (Å²) in [6, 6.07) is 0.114. The SMILES string of the molecule is CC(C)C1=C2C3CCC4[C@@]5(C)CC[C@H](OC(=O)CC(C)(C)C(=O)O)C(C)(C)C5CC[C@@]4(C)[C@]3(C)CC[C@@]2(NC(=O)NC2CCCCC2)CC1=O. The maximum atomic E-state index is 13.9. The van der Waals surface area contributed by atoms with Gasteiger partial charge in [0, 0.05) is 17.9 Å². The standard InChI is InChI=1S/C42H66N2O6/c1-25(2)33-28(45)23-42(44-36(49)43-26-13-11-10-12-14-26)22-21-40(8)27(34(33)42)15-16-30-39(7)19-18-31(50-32(46)24-37(3,4)35(47)48)38(5,6)29(39)17-20-41(30,40)9/h25-27,29-31H,10-24H2,1-9H3,(H,47,48)(H2,43,44,49)/t27?,29?,30?,31-,39-,40+,41+,42+/m0/s1. The third-order valence-corrected chi connectivity index (χ3v) is 16.1. The highest BCUT2D eigenvalue weighted by molar-refractivity contribution is 6.02. The number of aliphatic carboxylic acids is 1. The molecule has 8 atom stereocenters. The minimum atomic E-state index is -1.16. The molecule has 6 aliphatic carbocycles. The van der Waals surface area contributed by atoms with E-state index in [9.17, 15) is 24.3 Å². The minimum Gasteiger partial charge on any atom is -0.481 e. The first kappa shape index (κ1) is 37.4. The van der Waals surface area contributed by atoms with Gasteiger partial charge in [-0.15, -0.1) is 0 Å². The van der Waals surface area contributed by atoms with Crippen LogP contribution in [-0.4, -0.2) is 46.5 Å². The van der Waals surface area contributed by atoms with Crippen molar-refractivity contribution in [1.82, 2.24) is 10.6 Å². The Morgan fingerprint density at radius 3 is 2.18 bits per heavy atom. The van der Waals surface area contributed by atoms with E-state index in [2.05, 4.69) is 59.1 Å². The van der Waals surface area contributed by atoms with E-state index in [1.807, 2.05) is 0 Å². The zero-order valence-corrected chi connectivity index (χ0v) is 32.6. The van der Waals surface area contributed by atoms with Gasteiger partial charge in [0.15, 0.2) is 5.78 Å². The molecule has 0 radical (unpaired) electrons. The molecule has 0 aromatic rings. The summed E-state index contributed by atoms with van der Waals surface area (Å²) >= 11 is 0. The third kappa shape index (κ3) is 5.76. The molecule has 280 valence electrons. The van der Waals surface area contributed by atoms with E-state index in [1.165, 1.54) is 12.0 Å². The molecule has 3 N–H and O–H groups in total. The van der Waals surface area contributed by atoms with Gasteiger partial charge < -0.3 is 20.5 Å². The first-order valence-corrected chi connectivity index (χ1v) is 20.0. The Hall–Kier alpha value is -2.38. The van der Waals surface area contributed by atoms with Crippen LogP contribution >= 0.6 is 0 Å². The smallest absolute Gasteiger partial charge is 0.315 e. The first-order chi connectivity index (χ1) is 23.2. The van der Waals surface area contributed by atoms with Crippen molar-refractivity contribution in [1.29, 1.82) is 0 Å². The third-order valence-electron chi connectivity index (χ3n) is 16.1. The number of amides is 2. The summed E-state index contributed by atoms with van der Waals surface area (Å²) in [6.07, 6.45) is 13.4. The largest absolute Gasteiger partial charge is 0.481 e. The van der Waals surface area contributed by atoms with Gasteiger partial charge >= 0.3 is 18.0 Å². The number of nitrogens with one attached hydrogen (secondary N) is 2. The van der Waals surface area contributed by atoms with Gasteiger partial charge in [-0.25, -0.2) is 4.79 Å². The van der Waals surface area contributed by atoms with E-state index >= 15 is 0 Å². The number of hydrogen-bond acceptors (Lipinski definition) is 5. The van der Waals surface area contributed by atoms with E-state index in [-0.39, 0.29) is 63.9 Å². The zero-order chi connectivity index (χ0) is 36.7. The molecule has 5 saturated carbocycles. The van der Waals surface area contributed by atoms with Gasteiger partial charge in [-0.05, 0) is 129 Å². The van der Waals surface area contributed by atoms with Crippen LogP contribution in [0.25, 0.3) is 0 Å². The number of allylic oxidation sites excluding steroid dienone is 1. The predicted molar refractivity (Wildman–Crippen MR) is 194 cm³/mol. The van der Waals surface area contributed by atoms with Gasteiger partial charge in [0.25, 0.3) is 0 Å². The number of ketones is 1. The summed E-state index contributed by atoms with van der Waals surface area (Å²) in [5, 5.41) is 16.4. The lowest BCUT2D eigenvalue weighted by molar-refractivity contribution is -0.232. The Morgan fingerprint density at radius 2 is 1.54 bits per heavy atom. The molecule has 6 aliphatic rings. The summed E-state index contributed by atoms with van der Waals surface area (Å²) in [6.45, 7) is 19.6. The Labute approximate surface area is 301 Å². The van der Waals surface area contributed by atoms with Crippen LogP contribution in [0.5, 0.6) is 0 Å². The highest BCUT2D eigenvalue weighted by Crippen LogP contribution is 2.76. The molecule has 8 heteroatoms. The number of urea groups is 1. The number of rotatable bonds is 7. The van der Waals surface area contributed by atoms with Crippen molar-refractivity contribution in [3.05, 3.63) is 11.1 Å². The maximum Gasteiger partial charge on any atom is 0.315 e. The normalized spacial score (nSPS) is 39.9. The summed E-state index contributed by atoms with van der Waals surface area (Å²) in [7, 11) is 0. The van der Waals surface area contributed by atoms with Gasteiger partial charge in [0.1, 0.15) is 6.10 Å². The first-order valence-electron chi connectivity index (χ1n) is 20.0. The number of ether oxygens (including phenoxy) is 1. The number of carboxylic acids is 1. The van der Waals surface area contributed by atoms with Crippen LogP contribution in [0.4, 0.5) is 4.79 Å². The quantitative estimate of drug-likeness (QED) is 0.229. The second-order valence-corrected chi connectivity index (χ2v) is 19.9. The fourth-order valence-electron chi connectivity index (χ4n) is 13.3. The molecular formula is C42H66N2O6. The number of fused-ring (bicyclic) bond motifs is 7. The lowest BCUT2D eigenvalue weighted by atomic mass is 9.33. The van der Waals surface area contributed by atoms with Crippen LogP contribution in [0.3, 0.4) is 0 Å². The van der Waals surface area contributed by atoms with Gasteiger partial charge in [-0.3, -0.25) is 14.4 Å². The monoisotopic (exact) mass is 694 g/mol. The van der Waals surface area contributed by atoms with E-state index in [0.717, 1.165) is 82.6 Å². The lowest BCUT2D eigenvalue weighted by Crippen LogP contribution is -2.67. The van der Waals surface area contributed by atoms with Crippen molar-refractivity contribution in [2.24, 2.45) is 50.7 Å². The number of esters is 1. The van der Waals surface area contributed by atoms with Crippen molar-refractivity contribution >= 4 is 23.8 Å². The van der Waals surface area contributed by atoms with Gasteiger partial charge in [-0.1, -0.05) is 67.7 Å². The molecule has 3 unspecified atom stereocenters. The van der Waals surface area contributed by atoms with Crippen molar-refractivity contribution in [3.8, 4) is 0 Å². The molecular weight excluding hydrogens is 628 g/mol.